The largest absolute Gasteiger partial charge is 0.495 e. The van der Waals surface area contributed by atoms with Crippen molar-refractivity contribution in [1.29, 1.82) is 0 Å². The number of methoxy groups -OCH3 is 1. The number of nitrogens with zero attached hydrogens (tertiary/aromatic N) is 2. The number of ether oxygens (including phenoxy) is 1. The third-order valence-electron chi connectivity index (χ3n) is 3.82. The van der Waals surface area contributed by atoms with E-state index in [2.05, 4.69) is 4.99 Å². The Labute approximate surface area is 142 Å². The van der Waals surface area contributed by atoms with Gasteiger partial charge in [-0.3, -0.25) is 4.79 Å². The lowest BCUT2D eigenvalue weighted by Gasteiger charge is -2.05. The summed E-state index contributed by atoms with van der Waals surface area (Å²) in [6.07, 6.45) is 0.143. The van der Waals surface area contributed by atoms with Gasteiger partial charge in [-0.15, -0.1) is 0 Å². The van der Waals surface area contributed by atoms with Crippen LogP contribution in [0.4, 0.5) is 4.39 Å². The number of fused-ring (bicyclic) bond motifs is 1. The summed E-state index contributed by atoms with van der Waals surface area (Å²) in [7, 11) is 3.49. The molecule has 1 amide bonds. The van der Waals surface area contributed by atoms with E-state index in [1.165, 1.54) is 23.5 Å². The summed E-state index contributed by atoms with van der Waals surface area (Å²) in [6.45, 7) is 2.02. The van der Waals surface area contributed by atoms with Crippen molar-refractivity contribution in [3.8, 4) is 5.75 Å². The Balaban J connectivity index is 2.00. The van der Waals surface area contributed by atoms with Gasteiger partial charge in [0, 0.05) is 7.05 Å². The van der Waals surface area contributed by atoms with Crippen LogP contribution in [-0.4, -0.2) is 17.6 Å². The number of benzene rings is 2. The fourth-order valence-electron chi connectivity index (χ4n) is 2.54. The fraction of sp³-hybridized carbons (Fsp3) is 0.222. The molecule has 0 radical (unpaired) electrons. The van der Waals surface area contributed by atoms with Gasteiger partial charge in [-0.05, 0) is 36.2 Å². The van der Waals surface area contributed by atoms with Gasteiger partial charge in [0.1, 0.15) is 17.1 Å². The van der Waals surface area contributed by atoms with E-state index in [0.717, 1.165) is 27.1 Å². The smallest absolute Gasteiger partial charge is 0.252 e. The number of carbonyl (C=O) groups is 1. The number of aromatic nitrogens is 1. The van der Waals surface area contributed by atoms with Crippen molar-refractivity contribution in [3.63, 3.8) is 0 Å². The van der Waals surface area contributed by atoms with E-state index in [-0.39, 0.29) is 18.1 Å². The quantitative estimate of drug-likeness (QED) is 0.731. The van der Waals surface area contributed by atoms with E-state index in [4.69, 9.17) is 4.74 Å². The van der Waals surface area contributed by atoms with Gasteiger partial charge in [0.15, 0.2) is 4.80 Å². The van der Waals surface area contributed by atoms with E-state index >= 15 is 0 Å². The molecule has 0 atom stereocenters. The van der Waals surface area contributed by atoms with Crippen LogP contribution in [0.1, 0.15) is 11.1 Å². The molecule has 3 rings (SSSR count). The molecule has 0 aliphatic carbocycles. The molecular weight excluding hydrogens is 327 g/mol. The molecule has 6 heteroatoms. The topological polar surface area (TPSA) is 43.6 Å². The number of rotatable bonds is 3. The Morgan fingerprint density at radius 3 is 2.62 bits per heavy atom. The zero-order valence-corrected chi connectivity index (χ0v) is 14.5. The summed E-state index contributed by atoms with van der Waals surface area (Å²) in [4.78, 5) is 17.1. The molecule has 0 saturated heterocycles. The maximum Gasteiger partial charge on any atom is 0.252 e. The van der Waals surface area contributed by atoms with E-state index in [1.54, 1.807) is 19.2 Å². The highest BCUT2D eigenvalue weighted by atomic mass is 32.1. The summed E-state index contributed by atoms with van der Waals surface area (Å²) < 4.78 is 21.3. The number of thiazole rings is 1. The molecule has 0 fully saturated rings. The Morgan fingerprint density at radius 2 is 1.96 bits per heavy atom. The molecule has 0 saturated carbocycles. The van der Waals surface area contributed by atoms with Gasteiger partial charge in [0.2, 0.25) is 0 Å². The van der Waals surface area contributed by atoms with Crippen LogP contribution in [0, 0.1) is 12.7 Å². The molecule has 0 bridgehead atoms. The van der Waals surface area contributed by atoms with Crippen LogP contribution in [0.2, 0.25) is 0 Å². The molecule has 24 heavy (non-hydrogen) atoms. The van der Waals surface area contributed by atoms with Gasteiger partial charge in [-0.1, -0.05) is 29.5 Å². The third-order valence-corrected chi connectivity index (χ3v) is 5.08. The summed E-state index contributed by atoms with van der Waals surface area (Å²) in [6, 6.07) is 9.78. The van der Waals surface area contributed by atoms with Gasteiger partial charge in [0.25, 0.3) is 5.91 Å². The van der Waals surface area contributed by atoms with Gasteiger partial charge in [-0.25, -0.2) is 4.39 Å². The Hall–Kier alpha value is -2.47. The summed E-state index contributed by atoms with van der Waals surface area (Å²) in [5, 5.41) is 0. The Morgan fingerprint density at radius 1 is 1.25 bits per heavy atom. The van der Waals surface area contributed by atoms with Gasteiger partial charge >= 0.3 is 0 Å². The van der Waals surface area contributed by atoms with E-state index in [0.29, 0.717) is 4.80 Å². The SMILES string of the molecule is COc1ccc(C)c2sc(=NC(=O)Cc3ccc(F)cc3)n(C)c12. The molecular formula is C18H17FN2O2S. The first kappa shape index (κ1) is 16.4. The van der Waals surface area contributed by atoms with Crippen molar-refractivity contribution in [2.45, 2.75) is 13.3 Å². The Bertz CT molecular complexity index is 971. The molecule has 0 aliphatic rings. The predicted octanol–water partition coefficient (Wildman–Crippen LogP) is 3.37. The molecule has 3 aromatic rings. The Kier molecular flexibility index (Phi) is 4.49. The minimum absolute atomic E-state index is 0.143. The first-order chi connectivity index (χ1) is 11.5. The first-order valence-corrected chi connectivity index (χ1v) is 8.26. The summed E-state index contributed by atoms with van der Waals surface area (Å²) >= 11 is 1.46. The molecule has 0 aliphatic heterocycles. The highest BCUT2D eigenvalue weighted by molar-refractivity contribution is 7.16. The van der Waals surface area contributed by atoms with Crippen molar-refractivity contribution in [2.75, 3.05) is 7.11 Å². The monoisotopic (exact) mass is 344 g/mol. The standard InChI is InChI=1S/C18H17FN2O2S/c1-11-4-9-14(23-3)16-17(11)24-18(21(16)2)20-15(22)10-12-5-7-13(19)8-6-12/h4-9H,10H2,1-3H3. The molecule has 124 valence electrons. The van der Waals surface area contributed by atoms with Crippen LogP contribution < -0.4 is 9.54 Å². The molecule has 0 N–H and O–H groups in total. The number of aryl methyl sites for hydroxylation is 2. The summed E-state index contributed by atoms with van der Waals surface area (Å²) in [5.41, 5.74) is 2.78. The maximum absolute atomic E-state index is 12.9. The van der Waals surface area contributed by atoms with Crippen molar-refractivity contribution in [2.24, 2.45) is 12.0 Å². The molecule has 0 unspecified atom stereocenters. The van der Waals surface area contributed by atoms with Crippen molar-refractivity contribution in [1.82, 2.24) is 4.57 Å². The highest BCUT2D eigenvalue weighted by Gasteiger charge is 2.12. The number of amides is 1. The minimum atomic E-state index is -0.318. The van der Waals surface area contributed by atoms with Crippen molar-refractivity contribution < 1.29 is 13.9 Å². The lowest BCUT2D eigenvalue weighted by molar-refractivity contribution is -0.117. The van der Waals surface area contributed by atoms with Crippen LogP contribution in [0.3, 0.4) is 0 Å². The lowest BCUT2D eigenvalue weighted by atomic mass is 10.1. The zero-order valence-electron chi connectivity index (χ0n) is 13.7. The second-order valence-corrected chi connectivity index (χ2v) is 6.49. The zero-order chi connectivity index (χ0) is 17.3. The molecule has 4 nitrogen and oxygen atoms in total. The van der Waals surface area contributed by atoms with E-state index in [9.17, 15) is 9.18 Å². The van der Waals surface area contributed by atoms with Crippen LogP contribution in [0.5, 0.6) is 5.75 Å². The molecule has 0 spiro atoms. The van der Waals surface area contributed by atoms with Crippen LogP contribution in [0.15, 0.2) is 41.4 Å². The lowest BCUT2D eigenvalue weighted by Crippen LogP contribution is -2.14. The van der Waals surface area contributed by atoms with Crippen LogP contribution >= 0.6 is 11.3 Å². The normalized spacial score (nSPS) is 11.9. The van der Waals surface area contributed by atoms with E-state index < -0.39 is 0 Å². The first-order valence-electron chi connectivity index (χ1n) is 7.44. The van der Waals surface area contributed by atoms with E-state index in [1.807, 2.05) is 30.7 Å². The molecule has 1 aromatic heterocycles. The average molecular weight is 344 g/mol. The summed E-state index contributed by atoms with van der Waals surface area (Å²) in [5.74, 6) is 0.170. The second-order valence-electron chi connectivity index (χ2n) is 5.51. The van der Waals surface area contributed by atoms with Crippen LogP contribution in [-0.2, 0) is 18.3 Å². The van der Waals surface area contributed by atoms with Crippen molar-refractivity contribution >= 4 is 27.5 Å². The molecule has 2 aromatic carbocycles. The van der Waals surface area contributed by atoms with Gasteiger partial charge in [-0.2, -0.15) is 4.99 Å². The maximum atomic E-state index is 12.9. The predicted molar refractivity (Wildman–Crippen MR) is 92.8 cm³/mol. The number of carbonyl (C=O) groups excluding carboxylic acids is 1. The fourth-order valence-corrected chi connectivity index (χ4v) is 3.66. The number of hydrogen-bond donors (Lipinski definition) is 0. The second kappa shape index (κ2) is 6.57. The molecule has 1 heterocycles. The third kappa shape index (κ3) is 3.10. The van der Waals surface area contributed by atoms with Gasteiger partial charge in [0.05, 0.1) is 18.2 Å². The average Bonchev–Trinajstić information content (AvgIpc) is 2.88. The van der Waals surface area contributed by atoms with Gasteiger partial charge < -0.3 is 9.30 Å². The van der Waals surface area contributed by atoms with Crippen LogP contribution in [0.25, 0.3) is 10.2 Å². The minimum Gasteiger partial charge on any atom is -0.495 e. The number of hydrogen-bond acceptors (Lipinski definition) is 3. The van der Waals surface area contributed by atoms with Crippen molar-refractivity contribution in [3.05, 3.63) is 58.1 Å². The number of halogens is 1. The highest BCUT2D eigenvalue weighted by Crippen LogP contribution is 2.29.